The highest BCUT2D eigenvalue weighted by Gasteiger charge is 2.16. The lowest BCUT2D eigenvalue weighted by Crippen LogP contribution is -2.02. The third-order valence-electron chi connectivity index (χ3n) is 2.28. The van der Waals surface area contributed by atoms with Gasteiger partial charge in [-0.15, -0.1) is 0 Å². The summed E-state index contributed by atoms with van der Waals surface area (Å²) < 4.78 is 1.72. The van der Waals surface area contributed by atoms with Gasteiger partial charge in [-0.05, 0) is 18.6 Å². The van der Waals surface area contributed by atoms with Gasteiger partial charge >= 0.3 is 5.97 Å². The summed E-state index contributed by atoms with van der Waals surface area (Å²) in [6.07, 6.45) is 2.29. The van der Waals surface area contributed by atoms with Crippen LogP contribution in [0.2, 0.25) is 0 Å². The summed E-state index contributed by atoms with van der Waals surface area (Å²) in [5.41, 5.74) is 7.61. The van der Waals surface area contributed by atoms with Crippen LogP contribution < -0.4 is 5.73 Å². The standard InChI is InChI=1S/C10H11N3O2/c1-2-7-9(10(14)15)12-8-4-3-6(11)5-13(7)8/h3-5H,2,11H2,1H3,(H,14,15). The number of aromatic carboxylic acids is 1. The molecule has 0 radical (unpaired) electrons. The van der Waals surface area contributed by atoms with E-state index in [-0.39, 0.29) is 5.69 Å². The number of nitrogen functional groups attached to an aromatic ring is 1. The minimum absolute atomic E-state index is 0.100. The van der Waals surface area contributed by atoms with E-state index in [9.17, 15) is 4.79 Å². The molecule has 0 saturated heterocycles. The maximum absolute atomic E-state index is 10.9. The Bertz CT molecular complexity index is 531. The molecule has 3 N–H and O–H groups in total. The van der Waals surface area contributed by atoms with Crippen LogP contribution in [0.15, 0.2) is 18.3 Å². The first-order valence-corrected chi connectivity index (χ1v) is 4.63. The molecule has 2 aromatic rings. The molecule has 0 saturated carbocycles. The predicted octanol–water partition coefficient (Wildman–Crippen LogP) is 1.18. The van der Waals surface area contributed by atoms with Crippen LogP contribution in [-0.4, -0.2) is 20.5 Å². The molecular formula is C10H11N3O2. The molecule has 5 nitrogen and oxygen atoms in total. The lowest BCUT2D eigenvalue weighted by Gasteiger charge is -2.00. The number of imidazole rings is 1. The second kappa shape index (κ2) is 3.27. The van der Waals surface area contributed by atoms with Crippen LogP contribution >= 0.6 is 0 Å². The van der Waals surface area contributed by atoms with Crippen LogP contribution in [0, 0.1) is 0 Å². The van der Waals surface area contributed by atoms with Gasteiger partial charge < -0.3 is 15.2 Å². The third-order valence-corrected chi connectivity index (χ3v) is 2.28. The van der Waals surface area contributed by atoms with Crippen LogP contribution in [0.5, 0.6) is 0 Å². The summed E-state index contributed by atoms with van der Waals surface area (Å²) in [5.74, 6) is -1.01. The molecule has 0 unspecified atom stereocenters. The van der Waals surface area contributed by atoms with Gasteiger partial charge in [-0.25, -0.2) is 9.78 Å². The minimum Gasteiger partial charge on any atom is -0.476 e. The second-order valence-corrected chi connectivity index (χ2v) is 3.26. The lowest BCUT2D eigenvalue weighted by molar-refractivity contribution is 0.0690. The lowest BCUT2D eigenvalue weighted by atomic mass is 10.2. The van der Waals surface area contributed by atoms with Crippen molar-refractivity contribution in [1.82, 2.24) is 9.38 Å². The Hall–Kier alpha value is -2.04. The number of nitrogens with zero attached hydrogens (tertiary/aromatic N) is 2. The Morgan fingerprint density at radius 3 is 2.93 bits per heavy atom. The fraction of sp³-hybridized carbons (Fsp3) is 0.200. The topological polar surface area (TPSA) is 80.6 Å². The van der Waals surface area contributed by atoms with E-state index < -0.39 is 5.97 Å². The van der Waals surface area contributed by atoms with Crippen molar-refractivity contribution in [1.29, 1.82) is 0 Å². The van der Waals surface area contributed by atoms with Crippen LogP contribution in [-0.2, 0) is 6.42 Å². The van der Waals surface area contributed by atoms with E-state index in [0.717, 1.165) is 0 Å². The average molecular weight is 205 g/mol. The van der Waals surface area contributed by atoms with Gasteiger partial charge in [0.15, 0.2) is 5.69 Å². The van der Waals surface area contributed by atoms with E-state index in [2.05, 4.69) is 4.98 Å². The number of carbonyl (C=O) groups is 1. The zero-order valence-electron chi connectivity index (χ0n) is 8.27. The monoisotopic (exact) mass is 205 g/mol. The smallest absolute Gasteiger partial charge is 0.356 e. The van der Waals surface area contributed by atoms with Crippen molar-refractivity contribution in [2.45, 2.75) is 13.3 Å². The largest absolute Gasteiger partial charge is 0.476 e. The Morgan fingerprint density at radius 1 is 1.60 bits per heavy atom. The van der Waals surface area contributed by atoms with Crippen molar-refractivity contribution < 1.29 is 9.90 Å². The van der Waals surface area contributed by atoms with Crippen LogP contribution in [0.25, 0.3) is 5.65 Å². The molecule has 0 atom stereocenters. The highest BCUT2D eigenvalue weighted by molar-refractivity contribution is 5.88. The molecule has 0 amide bonds. The number of carboxylic acids is 1. The van der Waals surface area contributed by atoms with Crippen molar-refractivity contribution in [3.8, 4) is 0 Å². The number of hydrogen-bond donors (Lipinski definition) is 2. The van der Waals surface area contributed by atoms with E-state index in [4.69, 9.17) is 10.8 Å². The van der Waals surface area contributed by atoms with Gasteiger partial charge in [0.2, 0.25) is 0 Å². The highest BCUT2D eigenvalue weighted by Crippen LogP contribution is 2.15. The van der Waals surface area contributed by atoms with E-state index in [1.807, 2.05) is 6.92 Å². The molecule has 2 rings (SSSR count). The van der Waals surface area contributed by atoms with Gasteiger partial charge in [0.25, 0.3) is 0 Å². The molecule has 0 aliphatic heterocycles. The van der Waals surface area contributed by atoms with Crippen LogP contribution in [0.4, 0.5) is 5.69 Å². The molecule has 15 heavy (non-hydrogen) atoms. The zero-order chi connectivity index (χ0) is 11.0. The van der Waals surface area contributed by atoms with Gasteiger partial charge in [0, 0.05) is 11.9 Å². The van der Waals surface area contributed by atoms with E-state index in [1.165, 1.54) is 0 Å². The van der Waals surface area contributed by atoms with Crippen molar-refractivity contribution >= 4 is 17.3 Å². The second-order valence-electron chi connectivity index (χ2n) is 3.26. The van der Waals surface area contributed by atoms with Crippen molar-refractivity contribution in [2.75, 3.05) is 5.73 Å². The number of aryl methyl sites for hydroxylation is 1. The summed E-state index contributed by atoms with van der Waals surface area (Å²) in [4.78, 5) is 15.0. The molecule has 5 heteroatoms. The number of anilines is 1. The molecule has 0 aliphatic carbocycles. The van der Waals surface area contributed by atoms with Gasteiger partial charge in [-0.1, -0.05) is 6.92 Å². The fourth-order valence-electron chi connectivity index (χ4n) is 1.62. The number of carboxylic acid groups (broad SMARTS) is 1. The first kappa shape index (κ1) is 9.51. The number of nitrogens with two attached hydrogens (primary N) is 1. The first-order chi connectivity index (χ1) is 7.13. The molecule has 78 valence electrons. The molecule has 0 bridgehead atoms. The summed E-state index contributed by atoms with van der Waals surface area (Å²) in [5, 5.41) is 8.96. The minimum atomic E-state index is -1.01. The van der Waals surface area contributed by atoms with E-state index in [0.29, 0.717) is 23.4 Å². The zero-order valence-corrected chi connectivity index (χ0v) is 8.27. The molecule has 2 heterocycles. The van der Waals surface area contributed by atoms with E-state index >= 15 is 0 Å². The average Bonchev–Trinajstić information content (AvgIpc) is 2.55. The SMILES string of the molecule is CCc1c(C(=O)O)nc2ccc(N)cn12. The highest BCUT2D eigenvalue weighted by atomic mass is 16.4. The fourth-order valence-corrected chi connectivity index (χ4v) is 1.62. The number of fused-ring (bicyclic) bond motifs is 1. The Labute approximate surface area is 86.2 Å². The molecule has 2 aromatic heterocycles. The molecule has 0 aromatic carbocycles. The number of pyridine rings is 1. The Balaban J connectivity index is 2.79. The van der Waals surface area contributed by atoms with Gasteiger partial charge in [0.1, 0.15) is 5.65 Å². The number of rotatable bonds is 2. The Morgan fingerprint density at radius 2 is 2.33 bits per heavy atom. The Kier molecular flexibility index (Phi) is 2.07. The number of hydrogen-bond acceptors (Lipinski definition) is 3. The summed E-state index contributed by atoms with van der Waals surface area (Å²) in [7, 11) is 0. The summed E-state index contributed by atoms with van der Waals surface area (Å²) in [6, 6.07) is 3.41. The van der Waals surface area contributed by atoms with E-state index in [1.54, 1.807) is 22.7 Å². The maximum atomic E-state index is 10.9. The van der Waals surface area contributed by atoms with Gasteiger partial charge in [-0.2, -0.15) is 0 Å². The van der Waals surface area contributed by atoms with Crippen LogP contribution in [0.1, 0.15) is 23.1 Å². The molecule has 0 aliphatic rings. The molecule has 0 fully saturated rings. The summed E-state index contributed by atoms with van der Waals surface area (Å²) >= 11 is 0. The summed E-state index contributed by atoms with van der Waals surface area (Å²) in [6.45, 7) is 1.89. The third kappa shape index (κ3) is 1.41. The van der Waals surface area contributed by atoms with Gasteiger partial charge in [-0.3, -0.25) is 0 Å². The van der Waals surface area contributed by atoms with Crippen LogP contribution in [0.3, 0.4) is 0 Å². The number of aromatic nitrogens is 2. The normalized spacial score (nSPS) is 10.7. The van der Waals surface area contributed by atoms with Crippen molar-refractivity contribution in [2.24, 2.45) is 0 Å². The van der Waals surface area contributed by atoms with Crippen molar-refractivity contribution in [3.05, 3.63) is 29.7 Å². The quantitative estimate of drug-likeness (QED) is 0.771. The maximum Gasteiger partial charge on any atom is 0.356 e. The van der Waals surface area contributed by atoms with Gasteiger partial charge in [0.05, 0.1) is 5.69 Å². The predicted molar refractivity (Wildman–Crippen MR) is 55.9 cm³/mol. The molecular weight excluding hydrogens is 194 g/mol. The van der Waals surface area contributed by atoms with Crippen molar-refractivity contribution in [3.63, 3.8) is 0 Å². The molecule has 0 spiro atoms. The first-order valence-electron chi connectivity index (χ1n) is 4.63.